The second kappa shape index (κ2) is 6.29. The lowest BCUT2D eigenvalue weighted by Crippen LogP contribution is -2.15. The van der Waals surface area contributed by atoms with Crippen LogP contribution in [-0.2, 0) is 16.6 Å². The minimum atomic E-state index is -0.0898. The molecule has 0 atom stereocenters. The zero-order chi connectivity index (χ0) is 17.3. The van der Waals surface area contributed by atoms with E-state index < -0.39 is 0 Å². The Hall–Kier alpha value is -2.33. The first-order valence-electron chi connectivity index (χ1n) is 7.85. The van der Waals surface area contributed by atoms with Crippen LogP contribution in [0.2, 0.25) is 5.02 Å². The fraction of sp³-hybridized carbons (Fsp3) is 0.263. The third-order valence-electron chi connectivity index (χ3n) is 3.84. The van der Waals surface area contributed by atoms with Gasteiger partial charge in [-0.25, -0.2) is 4.98 Å². The van der Waals surface area contributed by atoms with E-state index in [1.54, 1.807) is 12.3 Å². The first kappa shape index (κ1) is 16.5. The molecule has 4 nitrogen and oxygen atoms in total. The van der Waals surface area contributed by atoms with Gasteiger partial charge in [0.2, 0.25) is 5.91 Å². The number of imidazole rings is 1. The predicted octanol–water partition coefficient (Wildman–Crippen LogP) is 4.47. The van der Waals surface area contributed by atoms with Crippen LogP contribution in [0.5, 0.6) is 0 Å². The van der Waals surface area contributed by atoms with E-state index in [-0.39, 0.29) is 17.7 Å². The fourth-order valence-electron chi connectivity index (χ4n) is 2.53. The largest absolute Gasteiger partial charge is 0.326 e. The van der Waals surface area contributed by atoms with Gasteiger partial charge in [-0.05, 0) is 35.2 Å². The van der Waals surface area contributed by atoms with E-state index in [4.69, 9.17) is 11.6 Å². The lowest BCUT2D eigenvalue weighted by Gasteiger charge is -2.19. The van der Waals surface area contributed by atoms with Crippen LogP contribution >= 0.6 is 11.6 Å². The molecule has 1 aromatic carbocycles. The van der Waals surface area contributed by atoms with Gasteiger partial charge in [0.1, 0.15) is 5.65 Å². The van der Waals surface area contributed by atoms with E-state index in [0.29, 0.717) is 10.7 Å². The Labute approximate surface area is 146 Å². The molecule has 0 saturated carbocycles. The highest BCUT2D eigenvalue weighted by molar-refractivity contribution is 6.30. The van der Waals surface area contributed by atoms with Crippen molar-refractivity contribution in [1.29, 1.82) is 0 Å². The van der Waals surface area contributed by atoms with Crippen molar-refractivity contribution in [3.8, 4) is 0 Å². The average molecular weight is 342 g/mol. The molecule has 0 aliphatic carbocycles. The Bertz CT molecular complexity index is 876. The minimum absolute atomic E-state index is 0.0898. The second-order valence-corrected chi connectivity index (χ2v) is 7.33. The number of nitrogens with one attached hydrogen (secondary N) is 1. The van der Waals surface area contributed by atoms with Gasteiger partial charge in [-0.3, -0.25) is 4.79 Å². The molecule has 0 radical (unpaired) electrons. The summed E-state index contributed by atoms with van der Waals surface area (Å²) in [6.07, 6.45) is 3.82. The number of fused-ring (bicyclic) bond motifs is 1. The van der Waals surface area contributed by atoms with Crippen LogP contribution < -0.4 is 5.32 Å². The van der Waals surface area contributed by atoms with Gasteiger partial charge in [-0.1, -0.05) is 44.5 Å². The second-order valence-electron chi connectivity index (χ2n) is 6.90. The van der Waals surface area contributed by atoms with E-state index in [9.17, 15) is 4.79 Å². The zero-order valence-electron chi connectivity index (χ0n) is 14.0. The minimum Gasteiger partial charge on any atom is -0.326 e. The van der Waals surface area contributed by atoms with E-state index in [0.717, 1.165) is 11.3 Å². The molecule has 0 bridgehead atoms. The van der Waals surface area contributed by atoms with Crippen molar-refractivity contribution in [3.05, 3.63) is 65.1 Å². The smallest absolute Gasteiger partial charge is 0.230 e. The van der Waals surface area contributed by atoms with E-state index in [1.165, 1.54) is 5.56 Å². The third-order valence-corrected chi connectivity index (χ3v) is 4.06. The molecule has 0 unspecified atom stereocenters. The highest BCUT2D eigenvalue weighted by Crippen LogP contribution is 2.23. The number of hydrogen-bond acceptors (Lipinski definition) is 2. The molecule has 0 fully saturated rings. The van der Waals surface area contributed by atoms with Crippen LogP contribution in [0.15, 0.2) is 48.8 Å². The highest BCUT2D eigenvalue weighted by atomic mass is 35.5. The number of rotatable bonds is 3. The number of nitrogens with zero attached hydrogens (tertiary/aromatic N) is 2. The van der Waals surface area contributed by atoms with Crippen molar-refractivity contribution >= 4 is 28.8 Å². The van der Waals surface area contributed by atoms with Gasteiger partial charge < -0.3 is 9.72 Å². The summed E-state index contributed by atoms with van der Waals surface area (Å²) in [6.45, 7) is 6.49. The van der Waals surface area contributed by atoms with Gasteiger partial charge in [0, 0.05) is 18.1 Å². The van der Waals surface area contributed by atoms with Crippen LogP contribution in [-0.4, -0.2) is 15.3 Å². The van der Waals surface area contributed by atoms with Crippen molar-refractivity contribution in [2.45, 2.75) is 32.6 Å². The van der Waals surface area contributed by atoms with Gasteiger partial charge >= 0.3 is 0 Å². The summed E-state index contributed by atoms with van der Waals surface area (Å²) in [4.78, 5) is 16.6. The molecular weight excluding hydrogens is 322 g/mol. The van der Waals surface area contributed by atoms with Gasteiger partial charge in [0.15, 0.2) is 0 Å². The topological polar surface area (TPSA) is 46.4 Å². The summed E-state index contributed by atoms with van der Waals surface area (Å²) in [5.41, 5.74) is 3.61. The van der Waals surface area contributed by atoms with Crippen LogP contribution in [0.1, 0.15) is 32.0 Å². The molecule has 0 saturated heterocycles. The molecule has 124 valence electrons. The molecule has 24 heavy (non-hydrogen) atoms. The summed E-state index contributed by atoms with van der Waals surface area (Å²) < 4.78 is 1.82. The molecule has 0 aliphatic heterocycles. The van der Waals surface area contributed by atoms with Gasteiger partial charge in [-0.15, -0.1) is 0 Å². The molecule has 2 heterocycles. The maximum Gasteiger partial charge on any atom is 0.230 e. The number of carbonyl (C=O) groups is 1. The van der Waals surface area contributed by atoms with E-state index in [2.05, 4.69) is 31.1 Å². The molecular formula is C19H20ClN3O. The predicted molar refractivity (Wildman–Crippen MR) is 97.7 cm³/mol. The van der Waals surface area contributed by atoms with Gasteiger partial charge in [0.25, 0.3) is 0 Å². The van der Waals surface area contributed by atoms with Gasteiger partial charge in [-0.2, -0.15) is 0 Å². The first-order chi connectivity index (χ1) is 11.3. The van der Waals surface area contributed by atoms with Crippen LogP contribution in [0.4, 0.5) is 5.69 Å². The quantitative estimate of drug-likeness (QED) is 0.764. The Morgan fingerprint density at radius 2 is 1.83 bits per heavy atom. The van der Waals surface area contributed by atoms with Crippen molar-refractivity contribution in [3.63, 3.8) is 0 Å². The molecule has 1 N–H and O–H groups in total. The monoisotopic (exact) mass is 341 g/mol. The average Bonchev–Trinajstić information content (AvgIpc) is 2.87. The number of amides is 1. The van der Waals surface area contributed by atoms with Crippen LogP contribution in [0, 0.1) is 0 Å². The number of aromatic nitrogens is 2. The SMILES string of the molecule is CC(C)(C)c1ccc(NC(=O)Cc2cn3cc(Cl)ccc3n2)cc1. The van der Waals surface area contributed by atoms with Crippen molar-refractivity contribution in [1.82, 2.24) is 9.38 Å². The Morgan fingerprint density at radius 3 is 2.50 bits per heavy atom. The lowest BCUT2D eigenvalue weighted by molar-refractivity contribution is -0.115. The summed E-state index contributed by atoms with van der Waals surface area (Å²) >= 11 is 5.96. The molecule has 2 aromatic heterocycles. The number of anilines is 1. The van der Waals surface area contributed by atoms with Crippen LogP contribution in [0.3, 0.4) is 0 Å². The Balaban J connectivity index is 1.68. The highest BCUT2D eigenvalue weighted by Gasteiger charge is 2.13. The maximum atomic E-state index is 12.2. The van der Waals surface area contributed by atoms with Gasteiger partial charge in [0.05, 0.1) is 17.1 Å². The summed E-state index contributed by atoms with van der Waals surface area (Å²) in [6, 6.07) is 11.6. The van der Waals surface area contributed by atoms with E-state index in [1.807, 2.05) is 40.9 Å². The number of pyridine rings is 1. The third kappa shape index (κ3) is 3.77. The lowest BCUT2D eigenvalue weighted by atomic mass is 9.87. The van der Waals surface area contributed by atoms with Crippen molar-refractivity contribution in [2.24, 2.45) is 0 Å². The molecule has 0 spiro atoms. The molecule has 0 aliphatic rings. The maximum absolute atomic E-state index is 12.2. The summed E-state index contributed by atoms with van der Waals surface area (Å²) in [5, 5.41) is 3.54. The number of halogens is 1. The van der Waals surface area contributed by atoms with Crippen molar-refractivity contribution < 1.29 is 4.79 Å². The molecule has 5 heteroatoms. The fourth-order valence-corrected chi connectivity index (χ4v) is 2.69. The summed E-state index contributed by atoms with van der Waals surface area (Å²) in [7, 11) is 0. The number of benzene rings is 1. The van der Waals surface area contributed by atoms with Crippen molar-refractivity contribution in [2.75, 3.05) is 5.32 Å². The molecule has 3 aromatic rings. The zero-order valence-corrected chi connectivity index (χ0v) is 14.8. The van der Waals surface area contributed by atoms with Crippen LogP contribution in [0.25, 0.3) is 5.65 Å². The van der Waals surface area contributed by atoms with E-state index >= 15 is 0 Å². The Morgan fingerprint density at radius 1 is 1.12 bits per heavy atom. The number of hydrogen-bond donors (Lipinski definition) is 1. The molecule has 1 amide bonds. The standard InChI is InChI=1S/C19H20ClN3O/c1-19(2,3)13-4-7-15(8-5-13)22-18(24)10-16-12-23-11-14(20)6-9-17(23)21-16/h4-9,11-12H,10H2,1-3H3,(H,22,24). The normalized spacial score (nSPS) is 11.7. The Kier molecular flexibility index (Phi) is 4.33. The first-order valence-corrected chi connectivity index (χ1v) is 8.22. The number of carbonyl (C=O) groups excluding carboxylic acids is 1. The molecule has 3 rings (SSSR count). The summed E-state index contributed by atoms with van der Waals surface area (Å²) in [5.74, 6) is -0.0898.